The van der Waals surface area contributed by atoms with E-state index in [1.165, 1.54) is 161 Å². The number of carbonyl (C=O) groups excluding carboxylic acids is 2. The van der Waals surface area contributed by atoms with E-state index in [4.69, 9.17) is 24.8 Å². The number of rotatable bonds is 45. The molecule has 0 aromatic carbocycles. The summed E-state index contributed by atoms with van der Waals surface area (Å²) < 4.78 is 32.8. The van der Waals surface area contributed by atoms with Crippen LogP contribution in [0.15, 0.2) is 0 Å². The molecule has 3 atom stereocenters. The van der Waals surface area contributed by atoms with Crippen molar-refractivity contribution >= 4 is 25.7 Å². The van der Waals surface area contributed by atoms with Gasteiger partial charge in [0.1, 0.15) is 12.6 Å². The predicted molar refractivity (Wildman–Crippen MR) is 231 cm³/mol. The van der Waals surface area contributed by atoms with Gasteiger partial charge >= 0.3 is 25.7 Å². The van der Waals surface area contributed by atoms with Gasteiger partial charge in [-0.1, -0.05) is 213 Å². The van der Waals surface area contributed by atoms with Crippen LogP contribution in [0.1, 0.15) is 239 Å². The van der Waals surface area contributed by atoms with Crippen molar-refractivity contribution in [1.29, 1.82) is 0 Å². The lowest BCUT2D eigenvalue weighted by Gasteiger charge is -2.20. The summed E-state index contributed by atoms with van der Waals surface area (Å²) in [6.07, 6.45) is 40.2. The summed E-state index contributed by atoms with van der Waals surface area (Å²) in [6.45, 7) is 2.85. The maximum Gasteiger partial charge on any atom is 0.472 e. The van der Waals surface area contributed by atoms with E-state index in [2.05, 4.69) is 18.4 Å². The summed E-state index contributed by atoms with van der Waals surface area (Å²) in [5, 5.41) is 8.90. The molecule has 0 saturated heterocycles. The molecule has 0 aromatic rings. The summed E-state index contributed by atoms with van der Waals surface area (Å²) in [5.74, 6) is -2.35. The monoisotopic (exact) mass is 834 g/mol. The van der Waals surface area contributed by atoms with Gasteiger partial charge in [-0.15, -0.1) is 0 Å². The van der Waals surface area contributed by atoms with Crippen molar-refractivity contribution in [2.24, 2.45) is 5.73 Å². The van der Waals surface area contributed by atoms with Crippen molar-refractivity contribution in [2.75, 3.05) is 19.8 Å². The number of nitrogens with two attached hydrogens (primary N) is 1. The summed E-state index contributed by atoms with van der Waals surface area (Å²) in [4.78, 5) is 46.0. The SMILES string of the molecule is CCCCCCCCCCCCCCCCCCCC(=O)OC[C@H](COP(=O)(O)OC[C@H](N)C(=O)O)OC(=O)CCCCCCCCCCCCCCCCCC. The number of hydrogen-bond acceptors (Lipinski definition) is 9. The van der Waals surface area contributed by atoms with E-state index in [9.17, 15) is 23.8 Å². The maximum atomic E-state index is 12.6. The molecule has 12 heteroatoms. The van der Waals surface area contributed by atoms with Crippen LogP contribution in [0.2, 0.25) is 0 Å². The van der Waals surface area contributed by atoms with Gasteiger partial charge < -0.3 is 25.2 Å². The van der Waals surface area contributed by atoms with E-state index >= 15 is 0 Å². The van der Waals surface area contributed by atoms with Crippen molar-refractivity contribution < 1.29 is 47.5 Å². The van der Waals surface area contributed by atoms with Gasteiger partial charge in [0.15, 0.2) is 6.10 Å². The van der Waals surface area contributed by atoms with Gasteiger partial charge in [0.25, 0.3) is 0 Å². The molecule has 0 spiro atoms. The number of ether oxygens (including phenoxy) is 2. The zero-order valence-corrected chi connectivity index (χ0v) is 37.6. The third kappa shape index (κ3) is 41.0. The molecule has 0 amide bonds. The second-order valence-electron chi connectivity index (χ2n) is 16.3. The van der Waals surface area contributed by atoms with Gasteiger partial charge in [-0.05, 0) is 12.8 Å². The minimum atomic E-state index is -4.71. The molecule has 0 heterocycles. The molecule has 0 fully saturated rings. The average molecular weight is 834 g/mol. The summed E-state index contributed by atoms with van der Waals surface area (Å²) in [5.41, 5.74) is 5.34. The third-order valence-electron chi connectivity index (χ3n) is 10.6. The fourth-order valence-electron chi connectivity index (χ4n) is 6.89. The Labute approximate surface area is 348 Å². The first-order valence-corrected chi connectivity index (χ1v) is 25.1. The van der Waals surface area contributed by atoms with Crippen LogP contribution in [0.3, 0.4) is 0 Å². The Morgan fingerprint density at radius 2 is 0.772 bits per heavy atom. The molecule has 0 bridgehead atoms. The van der Waals surface area contributed by atoms with Crippen LogP contribution in [-0.2, 0) is 37.5 Å². The number of hydrogen-bond donors (Lipinski definition) is 3. The maximum absolute atomic E-state index is 12.6. The second kappa shape index (κ2) is 41.2. The normalized spacial score (nSPS) is 13.6. The van der Waals surface area contributed by atoms with Crippen molar-refractivity contribution in [1.82, 2.24) is 0 Å². The number of phosphoric ester groups is 1. The molecule has 0 saturated carbocycles. The molecule has 57 heavy (non-hydrogen) atoms. The Bertz CT molecular complexity index is 984. The van der Waals surface area contributed by atoms with Crippen molar-refractivity contribution in [3.05, 3.63) is 0 Å². The van der Waals surface area contributed by atoms with Crippen molar-refractivity contribution in [2.45, 2.75) is 251 Å². The van der Waals surface area contributed by atoms with Crippen molar-refractivity contribution in [3.63, 3.8) is 0 Å². The van der Waals surface area contributed by atoms with Crippen LogP contribution >= 0.6 is 7.82 Å². The molecule has 0 radical (unpaired) electrons. The van der Waals surface area contributed by atoms with E-state index < -0.39 is 51.1 Å². The van der Waals surface area contributed by atoms with Gasteiger partial charge in [-0.2, -0.15) is 0 Å². The predicted octanol–water partition coefficient (Wildman–Crippen LogP) is 12.7. The smallest absolute Gasteiger partial charge is 0.472 e. The zero-order valence-electron chi connectivity index (χ0n) is 36.7. The molecule has 0 aliphatic heterocycles. The third-order valence-corrected chi connectivity index (χ3v) is 11.6. The largest absolute Gasteiger partial charge is 0.480 e. The van der Waals surface area contributed by atoms with Gasteiger partial charge in [-0.3, -0.25) is 23.4 Å². The zero-order chi connectivity index (χ0) is 42.1. The topological polar surface area (TPSA) is 172 Å². The Hall–Kier alpha value is -1.52. The Morgan fingerprint density at radius 1 is 0.474 bits per heavy atom. The molecule has 0 aliphatic rings. The highest BCUT2D eigenvalue weighted by molar-refractivity contribution is 7.47. The number of carbonyl (C=O) groups is 3. The molecular weight excluding hydrogens is 745 g/mol. The van der Waals surface area contributed by atoms with Crippen LogP contribution in [0.5, 0.6) is 0 Å². The average Bonchev–Trinajstić information content (AvgIpc) is 3.19. The van der Waals surface area contributed by atoms with Crippen molar-refractivity contribution in [3.8, 4) is 0 Å². The lowest BCUT2D eigenvalue weighted by atomic mass is 10.0. The standard InChI is InChI=1S/C45H88NO10P/c1-3-5-7-9-11-13-15-17-19-21-23-24-26-28-30-32-34-36-43(47)53-38-41(39-54-57(51,52)55-40-42(46)45(49)50)56-44(48)37-35-33-31-29-27-25-22-20-18-16-14-12-10-8-6-4-2/h41-42H,3-40,46H2,1-2H3,(H,49,50)(H,51,52)/t41-,42+/m1/s1. The van der Waals surface area contributed by atoms with Crippen LogP contribution in [-0.4, -0.2) is 59.9 Å². The highest BCUT2D eigenvalue weighted by Crippen LogP contribution is 2.43. The van der Waals surface area contributed by atoms with E-state index in [0.29, 0.717) is 12.8 Å². The lowest BCUT2D eigenvalue weighted by molar-refractivity contribution is -0.161. The number of esters is 2. The van der Waals surface area contributed by atoms with E-state index in [-0.39, 0.29) is 19.4 Å². The number of unbranched alkanes of at least 4 members (excludes halogenated alkanes) is 31. The molecular formula is C45H88NO10P. The van der Waals surface area contributed by atoms with E-state index in [0.717, 1.165) is 38.5 Å². The Morgan fingerprint density at radius 3 is 1.11 bits per heavy atom. The molecule has 0 aliphatic carbocycles. The number of aliphatic carboxylic acids is 1. The first kappa shape index (κ1) is 55.5. The first-order chi connectivity index (χ1) is 27.6. The van der Waals surface area contributed by atoms with E-state index in [1.54, 1.807) is 0 Å². The number of phosphoric acid groups is 1. The fourth-order valence-corrected chi connectivity index (χ4v) is 7.67. The first-order valence-electron chi connectivity index (χ1n) is 23.6. The molecule has 11 nitrogen and oxygen atoms in total. The minimum absolute atomic E-state index is 0.170. The fraction of sp³-hybridized carbons (Fsp3) is 0.933. The summed E-state index contributed by atoms with van der Waals surface area (Å²) >= 11 is 0. The molecule has 1 unspecified atom stereocenters. The molecule has 0 rings (SSSR count). The molecule has 4 N–H and O–H groups in total. The Kier molecular flexibility index (Phi) is 40.1. The minimum Gasteiger partial charge on any atom is -0.480 e. The molecule has 0 aromatic heterocycles. The number of carboxylic acid groups (broad SMARTS) is 1. The van der Waals surface area contributed by atoms with Crippen LogP contribution in [0.25, 0.3) is 0 Å². The van der Waals surface area contributed by atoms with Crippen LogP contribution < -0.4 is 5.73 Å². The summed E-state index contributed by atoms with van der Waals surface area (Å²) in [6, 6.07) is -1.52. The summed E-state index contributed by atoms with van der Waals surface area (Å²) in [7, 11) is -4.71. The van der Waals surface area contributed by atoms with Crippen LogP contribution in [0, 0.1) is 0 Å². The quantitative estimate of drug-likeness (QED) is 0.0303. The van der Waals surface area contributed by atoms with Gasteiger partial charge in [0, 0.05) is 12.8 Å². The van der Waals surface area contributed by atoms with Gasteiger partial charge in [-0.25, -0.2) is 4.57 Å². The van der Waals surface area contributed by atoms with Crippen LogP contribution in [0.4, 0.5) is 0 Å². The second-order valence-corrected chi connectivity index (χ2v) is 17.7. The van der Waals surface area contributed by atoms with E-state index in [1.807, 2.05) is 0 Å². The van der Waals surface area contributed by atoms with Gasteiger partial charge in [0.05, 0.1) is 13.2 Å². The molecule has 338 valence electrons. The highest BCUT2D eigenvalue weighted by Gasteiger charge is 2.28. The Balaban J connectivity index is 4.26. The number of carboxylic acids is 1. The lowest BCUT2D eigenvalue weighted by Crippen LogP contribution is -2.34. The van der Waals surface area contributed by atoms with Gasteiger partial charge in [0.2, 0.25) is 0 Å². The highest BCUT2D eigenvalue weighted by atomic mass is 31.2.